The number of nitrogens with zero attached hydrogens (tertiary/aromatic N) is 1. The Labute approximate surface area is 158 Å². The Balaban J connectivity index is 1.48. The zero-order valence-corrected chi connectivity index (χ0v) is 15.3. The molecule has 0 aliphatic rings. The highest BCUT2D eigenvalue weighted by molar-refractivity contribution is 6.00. The number of halogens is 1. The summed E-state index contributed by atoms with van der Waals surface area (Å²) < 4.78 is 13.5. The molecule has 0 fully saturated rings. The summed E-state index contributed by atoms with van der Waals surface area (Å²) >= 11 is 0. The summed E-state index contributed by atoms with van der Waals surface area (Å²) in [6, 6.07) is 16.3. The number of nitrogens with one attached hydrogen (secondary N) is 3. The molecule has 3 rings (SSSR count). The van der Waals surface area contributed by atoms with Crippen molar-refractivity contribution >= 4 is 28.3 Å². The van der Waals surface area contributed by atoms with Crippen LogP contribution in [0.2, 0.25) is 0 Å². The summed E-state index contributed by atoms with van der Waals surface area (Å²) in [6.07, 6.45) is 0.889. The Morgan fingerprint density at radius 1 is 1.04 bits per heavy atom. The third-order valence-corrected chi connectivity index (χ3v) is 4.15. The second-order valence-corrected chi connectivity index (χ2v) is 6.30. The maximum atomic E-state index is 13.5. The van der Waals surface area contributed by atoms with Gasteiger partial charge in [-0.15, -0.1) is 0 Å². The minimum atomic E-state index is -0.179. The molecule has 0 saturated carbocycles. The van der Waals surface area contributed by atoms with E-state index in [-0.39, 0.29) is 11.7 Å². The first-order chi connectivity index (χ1) is 13.1. The molecule has 0 saturated heterocycles. The number of fused-ring (bicyclic) bond motifs is 1. The number of anilines is 2. The fraction of sp³-hybridized carbons (Fsp3) is 0.238. The van der Waals surface area contributed by atoms with Gasteiger partial charge in [-0.1, -0.05) is 24.3 Å². The van der Waals surface area contributed by atoms with E-state index in [4.69, 9.17) is 0 Å². The summed E-state index contributed by atoms with van der Waals surface area (Å²) in [5.41, 5.74) is 2.26. The number of pyridine rings is 1. The number of carbonyl (C=O) groups excluding carboxylic acids is 1. The number of hydrogen-bond donors (Lipinski definition) is 3. The molecule has 1 aromatic heterocycles. The highest BCUT2D eigenvalue weighted by Crippen LogP contribution is 2.23. The fourth-order valence-electron chi connectivity index (χ4n) is 2.85. The predicted octanol–water partition coefficient (Wildman–Crippen LogP) is 3.92. The smallest absolute Gasteiger partial charge is 0.221 e. The van der Waals surface area contributed by atoms with Gasteiger partial charge in [-0.3, -0.25) is 4.79 Å². The molecule has 140 valence electrons. The first kappa shape index (κ1) is 18.8. The van der Waals surface area contributed by atoms with Crippen LogP contribution in [0.4, 0.5) is 15.9 Å². The van der Waals surface area contributed by atoms with Crippen LogP contribution in [0.1, 0.15) is 18.9 Å². The molecule has 0 radical (unpaired) electrons. The van der Waals surface area contributed by atoms with Crippen LogP contribution < -0.4 is 16.0 Å². The van der Waals surface area contributed by atoms with E-state index in [0.29, 0.717) is 12.1 Å². The molecule has 1 amide bonds. The van der Waals surface area contributed by atoms with Gasteiger partial charge in [0.1, 0.15) is 11.6 Å². The lowest BCUT2D eigenvalue weighted by Gasteiger charge is -2.10. The standard InChI is InChI=1S/C21H23FN4O/c1-15(27)25-19-8-4-9-20-17(19)10-11-21(26-20)24-13-5-12-23-14-16-6-2-3-7-18(16)22/h2-4,6-11,23H,5,12-14H2,1H3,(H,24,26)(H,25,27). The Morgan fingerprint density at radius 3 is 2.70 bits per heavy atom. The summed E-state index contributed by atoms with van der Waals surface area (Å²) in [4.78, 5) is 15.9. The maximum Gasteiger partial charge on any atom is 0.221 e. The number of carbonyl (C=O) groups is 1. The highest BCUT2D eigenvalue weighted by atomic mass is 19.1. The summed E-state index contributed by atoms with van der Waals surface area (Å²) in [6.45, 7) is 3.55. The number of rotatable bonds is 8. The second-order valence-electron chi connectivity index (χ2n) is 6.30. The van der Waals surface area contributed by atoms with Gasteiger partial charge in [0, 0.05) is 31.0 Å². The van der Waals surface area contributed by atoms with Gasteiger partial charge in [0.05, 0.1) is 11.2 Å². The van der Waals surface area contributed by atoms with E-state index < -0.39 is 0 Å². The van der Waals surface area contributed by atoms with Crippen LogP contribution in [0.15, 0.2) is 54.6 Å². The normalized spacial score (nSPS) is 10.7. The first-order valence-corrected chi connectivity index (χ1v) is 8.99. The minimum absolute atomic E-state index is 0.104. The molecule has 0 spiro atoms. The van der Waals surface area contributed by atoms with Crippen molar-refractivity contribution in [3.05, 3.63) is 66.0 Å². The minimum Gasteiger partial charge on any atom is -0.370 e. The molecule has 6 heteroatoms. The lowest BCUT2D eigenvalue weighted by Crippen LogP contribution is -2.18. The predicted molar refractivity (Wildman–Crippen MR) is 107 cm³/mol. The van der Waals surface area contributed by atoms with E-state index in [1.54, 1.807) is 12.1 Å². The van der Waals surface area contributed by atoms with Crippen molar-refractivity contribution in [2.24, 2.45) is 0 Å². The molecule has 0 aliphatic carbocycles. The van der Waals surface area contributed by atoms with Gasteiger partial charge in [0.2, 0.25) is 5.91 Å². The average Bonchev–Trinajstić information content (AvgIpc) is 2.65. The molecule has 1 heterocycles. The van der Waals surface area contributed by atoms with E-state index in [1.165, 1.54) is 13.0 Å². The molecule has 0 bridgehead atoms. The fourth-order valence-corrected chi connectivity index (χ4v) is 2.85. The lowest BCUT2D eigenvalue weighted by molar-refractivity contribution is -0.114. The largest absolute Gasteiger partial charge is 0.370 e. The van der Waals surface area contributed by atoms with Gasteiger partial charge >= 0.3 is 0 Å². The molecule has 2 aromatic carbocycles. The Bertz CT molecular complexity index is 929. The first-order valence-electron chi connectivity index (χ1n) is 8.99. The van der Waals surface area contributed by atoms with Crippen LogP contribution in [-0.4, -0.2) is 24.0 Å². The zero-order valence-electron chi connectivity index (χ0n) is 15.3. The van der Waals surface area contributed by atoms with Gasteiger partial charge < -0.3 is 16.0 Å². The number of hydrogen-bond acceptors (Lipinski definition) is 4. The van der Waals surface area contributed by atoms with Crippen LogP contribution in [0.25, 0.3) is 10.9 Å². The molecule has 0 unspecified atom stereocenters. The molecule has 3 N–H and O–H groups in total. The third-order valence-electron chi connectivity index (χ3n) is 4.15. The molecule has 3 aromatic rings. The Morgan fingerprint density at radius 2 is 1.89 bits per heavy atom. The summed E-state index contributed by atoms with van der Waals surface area (Å²) in [7, 11) is 0. The molecular weight excluding hydrogens is 343 g/mol. The third kappa shape index (κ3) is 5.24. The molecule has 0 aliphatic heterocycles. The summed E-state index contributed by atoms with van der Waals surface area (Å²) in [5, 5.41) is 10.3. The molecule has 0 atom stereocenters. The van der Waals surface area contributed by atoms with Gasteiger partial charge in [-0.25, -0.2) is 9.37 Å². The van der Waals surface area contributed by atoms with Crippen molar-refractivity contribution in [2.75, 3.05) is 23.7 Å². The van der Waals surface area contributed by atoms with Crippen molar-refractivity contribution in [1.29, 1.82) is 0 Å². The van der Waals surface area contributed by atoms with Crippen LogP contribution in [-0.2, 0) is 11.3 Å². The van der Waals surface area contributed by atoms with Crippen molar-refractivity contribution in [1.82, 2.24) is 10.3 Å². The summed E-state index contributed by atoms with van der Waals surface area (Å²) in [5.74, 6) is 0.506. The number of amides is 1. The van der Waals surface area contributed by atoms with E-state index >= 15 is 0 Å². The SMILES string of the molecule is CC(=O)Nc1cccc2nc(NCCCNCc3ccccc3F)ccc12. The average molecular weight is 366 g/mol. The van der Waals surface area contributed by atoms with Gasteiger partial charge in [-0.05, 0) is 43.3 Å². The molecular formula is C21H23FN4O. The van der Waals surface area contributed by atoms with Crippen molar-refractivity contribution < 1.29 is 9.18 Å². The quantitative estimate of drug-likeness (QED) is 0.529. The Hall–Kier alpha value is -2.99. The van der Waals surface area contributed by atoms with Crippen LogP contribution in [0.3, 0.4) is 0 Å². The second kappa shape index (κ2) is 9.09. The van der Waals surface area contributed by atoms with Gasteiger partial charge in [-0.2, -0.15) is 0 Å². The van der Waals surface area contributed by atoms with E-state index in [1.807, 2.05) is 36.4 Å². The molecule has 27 heavy (non-hydrogen) atoms. The number of aromatic nitrogens is 1. The topological polar surface area (TPSA) is 66.0 Å². The van der Waals surface area contributed by atoms with Gasteiger partial charge in [0.25, 0.3) is 0 Å². The van der Waals surface area contributed by atoms with Crippen LogP contribution in [0, 0.1) is 5.82 Å². The molecule has 5 nitrogen and oxygen atoms in total. The van der Waals surface area contributed by atoms with Crippen molar-refractivity contribution in [3.63, 3.8) is 0 Å². The Kier molecular flexibility index (Phi) is 6.33. The zero-order chi connectivity index (χ0) is 19.1. The monoisotopic (exact) mass is 366 g/mol. The van der Waals surface area contributed by atoms with Crippen molar-refractivity contribution in [2.45, 2.75) is 19.9 Å². The number of benzene rings is 2. The van der Waals surface area contributed by atoms with E-state index in [0.717, 1.165) is 41.9 Å². The van der Waals surface area contributed by atoms with Crippen molar-refractivity contribution in [3.8, 4) is 0 Å². The van der Waals surface area contributed by atoms with Gasteiger partial charge in [0.15, 0.2) is 0 Å². The maximum absolute atomic E-state index is 13.5. The van der Waals surface area contributed by atoms with Crippen LogP contribution >= 0.6 is 0 Å². The lowest BCUT2D eigenvalue weighted by atomic mass is 10.1. The van der Waals surface area contributed by atoms with Crippen LogP contribution in [0.5, 0.6) is 0 Å². The highest BCUT2D eigenvalue weighted by Gasteiger charge is 2.04. The van der Waals surface area contributed by atoms with E-state index in [2.05, 4.69) is 20.9 Å². The van der Waals surface area contributed by atoms with E-state index in [9.17, 15) is 9.18 Å².